The highest BCUT2D eigenvalue weighted by Crippen LogP contribution is 2.36. The summed E-state index contributed by atoms with van der Waals surface area (Å²) in [6.45, 7) is 3.86. The van der Waals surface area contributed by atoms with Gasteiger partial charge in [-0.05, 0) is 57.1 Å². The Morgan fingerprint density at radius 2 is 2.20 bits per heavy atom. The van der Waals surface area contributed by atoms with Gasteiger partial charge in [-0.2, -0.15) is 0 Å². The van der Waals surface area contributed by atoms with E-state index in [0.717, 1.165) is 4.90 Å². The van der Waals surface area contributed by atoms with E-state index in [9.17, 15) is 4.79 Å². The molecule has 2 nitrogen and oxygen atoms in total. The maximum absolute atomic E-state index is 11.9. The summed E-state index contributed by atoms with van der Waals surface area (Å²) in [5.74, 6) is 0.853. The Hall–Kier alpha value is -0.480. The number of benzene rings is 1. The predicted octanol–water partition coefficient (Wildman–Crippen LogP) is 3.83. The first-order valence-corrected chi connectivity index (χ1v) is 7.33. The average molecular weight is 287 g/mol. The van der Waals surface area contributed by atoms with Crippen molar-refractivity contribution in [1.29, 1.82) is 0 Å². The Morgan fingerprint density at radius 3 is 2.87 bits per heavy atom. The molecule has 0 aliphatic carbocycles. The normalized spacial score (nSPS) is 18.2. The van der Waals surface area contributed by atoms with Gasteiger partial charge in [0.1, 0.15) is 11.4 Å². The molecule has 15 heavy (non-hydrogen) atoms. The molecule has 1 aromatic rings. The summed E-state index contributed by atoms with van der Waals surface area (Å²) >= 11 is 3.29. The first-order valence-electron chi connectivity index (χ1n) is 4.67. The SMILES string of the molecule is CC1(C)CC(=O)c2cc(SBr)ccc2O1. The van der Waals surface area contributed by atoms with Gasteiger partial charge in [-0.15, -0.1) is 0 Å². The number of halogens is 1. The highest BCUT2D eigenvalue weighted by molar-refractivity contribution is 9.50. The van der Waals surface area contributed by atoms with E-state index in [1.165, 1.54) is 10.2 Å². The Labute approximate surface area is 101 Å². The van der Waals surface area contributed by atoms with Gasteiger partial charge in [0.05, 0.1) is 12.0 Å². The quantitative estimate of drug-likeness (QED) is 0.785. The van der Waals surface area contributed by atoms with Crippen LogP contribution in [-0.4, -0.2) is 11.4 Å². The number of hydrogen-bond acceptors (Lipinski definition) is 3. The van der Waals surface area contributed by atoms with Gasteiger partial charge >= 0.3 is 0 Å². The Balaban J connectivity index is 2.46. The summed E-state index contributed by atoms with van der Waals surface area (Å²) in [6, 6.07) is 5.66. The number of rotatable bonds is 1. The Bertz CT molecular complexity index is 415. The zero-order valence-electron chi connectivity index (χ0n) is 8.54. The molecule has 0 N–H and O–H groups in total. The molecule has 4 heteroatoms. The summed E-state index contributed by atoms with van der Waals surface area (Å²) in [5.41, 5.74) is 0.312. The van der Waals surface area contributed by atoms with Crippen molar-refractivity contribution in [3.05, 3.63) is 23.8 Å². The van der Waals surface area contributed by atoms with Crippen LogP contribution < -0.4 is 4.74 Å². The van der Waals surface area contributed by atoms with Crippen molar-refractivity contribution in [1.82, 2.24) is 0 Å². The van der Waals surface area contributed by atoms with Crippen LogP contribution in [0.1, 0.15) is 30.6 Å². The maximum Gasteiger partial charge on any atom is 0.170 e. The second-order valence-corrected chi connectivity index (χ2v) is 5.79. The highest BCUT2D eigenvalue weighted by Gasteiger charge is 2.32. The molecule has 0 saturated carbocycles. The molecule has 0 spiro atoms. The molecule has 1 aliphatic rings. The average Bonchev–Trinajstić information content (AvgIpc) is 2.15. The molecule has 0 unspecified atom stereocenters. The van der Waals surface area contributed by atoms with Gasteiger partial charge in [-0.25, -0.2) is 0 Å². The van der Waals surface area contributed by atoms with Crippen molar-refractivity contribution in [2.45, 2.75) is 30.8 Å². The van der Waals surface area contributed by atoms with Crippen LogP contribution in [0.2, 0.25) is 0 Å². The number of fused-ring (bicyclic) bond motifs is 1. The standard InChI is InChI=1S/C11H11BrO2S/c1-11(2)6-9(13)8-5-7(15-12)3-4-10(8)14-11/h3-5H,6H2,1-2H3. The van der Waals surface area contributed by atoms with Crippen molar-refractivity contribution in [2.75, 3.05) is 0 Å². The van der Waals surface area contributed by atoms with E-state index in [0.29, 0.717) is 17.7 Å². The minimum Gasteiger partial charge on any atom is -0.487 e. The second-order valence-electron chi connectivity index (χ2n) is 4.20. The molecule has 0 radical (unpaired) electrons. The summed E-state index contributed by atoms with van der Waals surface area (Å²) < 4.78 is 5.74. The number of ketones is 1. The van der Waals surface area contributed by atoms with Gasteiger partial charge in [-0.3, -0.25) is 4.79 Å². The third kappa shape index (κ3) is 2.21. The minimum absolute atomic E-state index is 0.157. The van der Waals surface area contributed by atoms with Crippen molar-refractivity contribution in [2.24, 2.45) is 0 Å². The smallest absolute Gasteiger partial charge is 0.170 e. The van der Waals surface area contributed by atoms with Gasteiger partial charge in [0.15, 0.2) is 5.78 Å². The number of carbonyl (C=O) groups excluding carboxylic acids is 1. The predicted molar refractivity (Wildman–Crippen MR) is 64.9 cm³/mol. The molecule has 1 aromatic carbocycles. The first kappa shape index (κ1) is 11.0. The van der Waals surface area contributed by atoms with Gasteiger partial charge in [0, 0.05) is 4.90 Å². The van der Waals surface area contributed by atoms with E-state index in [1.54, 1.807) is 0 Å². The molecule has 0 atom stereocenters. The van der Waals surface area contributed by atoms with E-state index in [-0.39, 0.29) is 11.4 Å². The fourth-order valence-corrected chi connectivity index (χ4v) is 2.57. The van der Waals surface area contributed by atoms with E-state index in [4.69, 9.17) is 4.74 Å². The molecule has 0 aromatic heterocycles. The third-order valence-electron chi connectivity index (χ3n) is 2.31. The van der Waals surface area contributed by atoms with Gasteiger partial charge in [0.25, 0.3) is 0 Å². The number of ether oxygens (including phenoxy) is 1. The Kier molecular flexibility index (Phi) is 2.81. The van der Waals surface area contributed by atoms with Crippen LogP contribution in [0.25, 0.3) is 0 Å². The van der Waals surface area contributed by atoms with Crippen LogP contribution >= 0.6 is 25.0 Å². The lowest BCUT2D eigenvalue weighted by Gasteiger charge is -2.31. The summed E-state index contributed by atoms with van der Waals surface area (Å²) in [4.78, 5) is 12.9. The maximum atomic E-state index is 11.9. The van der Waals surface area contributed by atoms with Gasteiger partial charge < -0.3 is 4.74 Å². The summed E-state index contributed by atoms with van der Waals surface area (Å²) in [6.07, 6.45) is 0.441. The molecular formula is C11H11BrO2S. The van der Waals surface area contributed by atoms with E-state index in [2.05, 4.69) is 14.8 Å². The number of hydrogen-bond donors (Lipinski definition) is 0. The van der Waals surface area contributed by atoms with E-state index in [1.807, 2.05) is 32.0 Å². The molecule has 2 rings (SSSR count). The molecule has 1 heterocycles. The second kappa shape index (κ2) is 3.83. The number of Topliss-reactive ketones (excluding diaryl/α,β-unsaturated/α-hetero) is 1. The largest absolute Gasteiger partial charge is 0.487 e. The molecule has 1 aliphatic heterocycles. The van der Waals surface area contributed by atoms with Crippen molar-refractivity contribution < 1.29 is 9.53 Å². The van der Waals surface area contributed by atoms with Crippen molar-refractivity contribution in [3.8, 4) is 5.75 Å². The Morgan fingerprint density at radius 1 is 1.47 bits per heavy atom. The van der Waals surface area contributed by atoms with Gasteiger partial charge in [0.2, 0.25) is 0 Å². The lowest BCUT2D eigenvalue weighted by atomic mass is 9.93. The highest BCUT2D eigenvalue weighted by atomic mass is 79.9. The van der Waals surface area contributed by atoms with Crippen LogP contribution in [0.4, 0.5) is 0 Å². The van der Waals surface area contributed by atoms with Crippen LogP contribution in [-0.2, 0) is 0 Å². The van der Waals surface area contributed by atoms with Crippen LogP contribution in [0, 0.1) is 0 Å². The lowest BCUT2D eigenvalue weighted by molar-refractivity contribution is 0.0619. The van der Waals surface area contributed by atoms with Crippen molar-refractivity contribution in [3.63, 3.8) is 0 Å². The molecule has 0 amide bonds. The monoisotopic (exact) mass is 286 g/mol. The van der Waals surface area contributed by atoms with E-state index < -0.39 is 0 Å². The molecule has 0 saturated heterocycles. The third-order valence-corrected chi connectivity index (χ3v) is 3.87. The molecule has 0 fully saturated rings. The number of carbonyl (C=O) groups is 1. The summed E-state index contributed by atoms with van der Waals surface area (Å²) in [5, 5.41) is 0. The van der Waals surface area contributed by atoms with Crippen molar-refractivity contribution >= 4 is 30.8 Å². The zero-order chi connectivity index (χ0) is 11.1. The zero-order valence-corrected chi connectivity index (χ0v) is 10.9. The molecule has 80 valence electrons. The van der Waals surface area contributed by atoms with Crippen LogP contribution in [0.3, 0.4) is 0 Å². The molecule has 0 bridgehead atoms. The van der Waals surface area contributed by atoms with Crippen LogP contribution in [0.5, 0.6) is 5.75 Å². The fraction of sp³-hybridized carbons (Fsp3) is 0.364. The fourth-order valence-electron chi connectivity index (χ4n) is 1.68. The van der Waals surface area contributed by atoms with Crippen LogP contribution in [0.15, 0.2) is 23.1 Å². The minimum atomic E-state index is -0.382. The van der Waals surface area contributed by atoms with E-state index >= 15 is 0 Å². The molecular weight excluding hydrogens is 276 g/mol. The first-order chi connectivity index (χ1) is 7.02. The summed E-state index contributed by atoms with van der Waals surface area (Å²) in [7, 11) is 1.45. The van der Waals surface area contributed by atoms with Gasteiger partial charge in [-0.1, -0.05) is 0 Å². The lowest BCUT2D eigenvalue weighted by Crippen LogP contribution is -2.35. The topological polar surface area (TPSA) is 26.3 Å².